The zero-order chi connectivity index (χ0) is 22.0. The van der Waals surface area contributed by atoms with Crippen molar-refractivity contribution in [2.75, 3.05) is 6.54 Å². The lowest BCUT2D eigenvalue weighted by Gasteiger charge is -2.23. The molecule has 0 spiro atoms. The number of benzene rings is 2. The summed E-state index contributed by atoms with van der Waals surface area (Å²) >= 11 is 0. The van der Waals surface area contributed by atoms with Crippen molar-refractivity contribution in [2.24, 2.45) is 5.92 Å². The predicted octanol–water partition coefficient (Wildman–Crippen LogP) is 3.79. The molecule has 0 aliphatic carbocycles. The van der Waals surface area contributed by atoms with Crippen LogP contribution in [0.4, 0.5) is 0 Å². The second-order valence-corrected chi connectivity index (χ2v) is 8.68. The van der Waals surface area contributed by atoms with Crippen LogP contribution in [0, 0.1) is 5.92 Å². The van der Waals surface area contributed by atoms with Crippen LogP contribution in [0.1, 0.15) is 48.9 Å². The number of carbonyl (C=O) groups is 2. The quantitative estimate of drug-likeness (QED) is 0.566. The molecular weight excluding hydrogens is 388 g/mol. The van der Waals surface area contributed by atoms with E-state index >= 15 is 0 Å². The Kier molecular flexibility index (Phi) is 6.07. The van der Waals surface area contributed by atoms with E-state index < -0.39 is 6.04 Å². The molecule has 1 aromatic heterocycles. The Labute approximate surface area is 183 Å². The van der Waals surface area contributed by atoms with Crippen LogP contribution in [0.2, 0.25) is 0 Å². The third kappa shape index (κ3) is 4.33. The third-order valence-corrected chi connectivity index (χ3v) is 5.85. The molecule has 4 rings (SSSR count). The van der Waals surface area contributed by atoms with Gasteiger partial charge >= 0.3 is 0 Å². The number of rotatable bonds is 8. The molecule has 6 heteroatoms. The molecule has 0 bridgehead atoms. The van der Waals surface area contributed by atoms with Crippen LogP contribution >= 0.6 is 0 Å². The number of imidazole rings is 1. The minimum Gasteiger partial charge on any atom is -0.354 e. The van der Waals surface area contributed by atoms with Crippen LogP contribution in [0.15, 0.2) is 48.5 Å². The first kappa shape index (κ1) is 21.1. The number of amides is 2. The van der Waals surface area contributed by atoms with Gasteiger partial charge in [-0.25, -0.2) is 4.98 Å². The first-order valence-corrected chi connectivity index (χ1v) is 11.1. The molecule has 1 N–H and O–H groups in total. The fourth-order valence-electron chi connectivity index (χ4n) is 4.22. The maximum Gasteiger partial charge on any atom is 0.255 e. The number of hydrogen-bond donors (Lipinski definition) is 1. The summed E-state index contributed by atoms with van der Waals surface area (Å²) in [5.41, 5.74) is 3.86. The van der Waals surface area contributed by atoms with Gasteiger partial charge in [-0.3, -0.25) is 9.59 Å². The van der Waals surface area contributed by atoms with E-state index in [4.69, 9.17) is 4.98 Å². The average molecular weight is 419 g/mol. The Morgan fingerprint density at radius 1 is 1.10 bits per heavy atom. The highest BCUT2D eigenvalue weighted by molar-refractivity contribution is 6.01. The Balaban J connectivity index is 1.33. The van der Waals surface area contributed by atoms with E-state index in [0.717, 1.165) is 41.8 Å². The highest BCUT2D eigenvalue weighted by atomic mass is 16.2. The van der Waals surface area contributed by atoms with Crippen molar-refractivity contribution >= 4 is 22.8 Å². The molecule has 2 amide bonds. The Hall–Kier alpha value is -3.15. The lowest BCUT2D eigenvalue weighted by Crippen LogP contribution is -2.45. The van der Waals surface area contributed by atoms with E-state index in [9.17, 15) is 9.59 Å². The van der Waals surface area contributed by atoms with Crippen LogP contribution in [0.5, 0.6) is 0 Å². The largest absolute Gasteiger partial charge is 0.354 e. The fourth-order valence-corrected chi connectivity index (χ4v) is 4.22. The van der Waals surface area contributed by atoms with Crippen LogP contribution in [-0.2, 0) is 24.3 Å². The zero-order valence-corrected chi connectivity index (χ0v) is 18.5. The minimum atomic E-state index is -0.495. The van der Waals surface area contributed by atoms with E-state index in [1.807, 2.05) is 42.5 Å². The van der Waals surface area contributed by atoms with Crippen LogP contribution in [-0.4, -0.2) is 38.9 Å². The lowest BCUT2D eigenvalue weighted by atomic mass is 10.1. The molecule has 0 saturated carbocycles. The van der Waals surface area contributed by atoms with Crippen molar-refractivity contribution in [1.29, 1.82) is 0 Å². The molecule has 0 radical (unpaired) electrons. The summed E-state index contributed by atoms with van der Waals surface area (Å²) in [6.07, 6.45) is 1.60. The highest BCUT2D eigenvalue weighted by Gasteiger charge is 2.33. The topological polar surface area (TPSA) is 67.2 Å². The summed E-state index contributed by atoms with van der Waals surface area (Å²) in [5, 5.41) is 3.00. The lowest BCUT2D eigenvalue weighted by molar-refractivity contribution is -0.125. The maximum absolute atomic E-state index is 12.7. The smallest absolute Gasteiger partial charge is 0.255 e. The van der Waals surface area contributed by atoms with E-state index in [1.165, 1.54) is 0 Å². The van der Waals surface area contributed by atoms with E-state index in [-0.39, 0.29) is 11.8 Å². The van der Waals surface area contributed by atoms with Gasteiger partial charge in [0.25, 0.3) is 5.91 Å². The average Bonchev–Trinajstić information content (AvgIpc) is 3.28. The van der Waals surface area contributed by atoms with Gasteiger partial charge in [-0.15, -0.1) is 0 Å². The van der Waals surface area contributed by atoms with Crippen molar-refractivity contribution < 1.29 is 9.59 Å². The first-order chi connectivity index (χ1) is 15.0. The number of aryl methyl sites for hydroxylation is 1. The summed E-state index contributed by atoms with van der Waals surface area (Å²) in [7, 11) is 0. The summed E-state index contributed by atoms with van der Waals surface area (Å²) < 4.78 is 2.30. The van der Waals surface area contributed by atoms with E-state index in [1.54, 1.807) is 11.8 Å². The molecule has 1 atom stereocenters. The molecule has 6 nitrogen and oxygen atoms in total. The van der Waals surface area contributed by atoms with Crippen molar-refractivity contribution in [1.82, 2.24) is 19.8 Å². The zero-order valence-electron chi connectivity index (χ0n) is 18.5. The van der Waals surface area contributed by atoms with Crippen molar-refractivity contribution in [3.05, 3.63) is 65.5 Å². The Bertz CT molecular complexity index is 1100. The van der Waals surface area contributed by atoms with Crippen LogP contribution in [0.25, 0.3) is 11.0 Å². The van der Waals surface area contributed by atoms with Crippen LogP contribution < -0.4 is 5.32 Å². The van der Waals surface area contributed by atoms with Crippen molar-refractivity contribution in [3.63, 3.8) is 0 Å². The number of hydrogen-bond acceptors (Lipinski definition) is 3. The monoisotopic (exact) mass is 418 g/mol. The summed E-state index contributed by atoms with van der Waals surface area (Å²) in [6.45, 7) is 8.18. The fraction of sp³-hybridized carbons (Fsp3) is 0.400. The van der Waals surface area contributed by atoms with Gasteiger partial charge < -0.3 is 14.8 Å². The molecule has 2 heterocycles. The normalized spacial score (nSPS) is 14.3. The van der Waals surface area contributed by atoms with Gasteiger partial charge in [0.05, 0.1) is 11.0 Å². The molecule has 1 aliphatic rings. The number of para-hydroxylation sites is 2. The number of carbonyl (C=O) groups excluding carboxylic acids is 2. The predicted molar refractivity (Wildman–Crippen MR) is 122 cm³/mol. The second-order valence-electron chi connectivity index (χ2n) is 8.68. The van der Waals surface area contributed by atoms with Gasteiger partial charge in [-0.05, 0) is 43.0 Å². The molecule has 162 valence electrons. The van der Waals surface area contributed by atoms with Crippen molar-refractivity contribution in [3.8, 4) is 0 Å². The summed E-state index contributed by atoms with van der Waals surface area (Å²) in [4.78, 5) is 31.7. The minimum absolute atomic E-state index is 0.0688. The molecule has 0 saturated heterocycles. The summed E-state index contributed by atoms with van der Waals surface area (Å²) in [6, 6.07) is 15.3. The maximum atomic E-state index is 12.7. The van der Waals surface area contributed by atoms with Crippen LogP contribution in [0.3, 0.4) is 0 Å². The molecule has 31 heavy (non-hydrogen) atoms. The third-order valence-electron chi connectivity index (χ3n) is 5.85. The standard InChI is InChI=1S/C25H30N4O2/c1-17(2)15-29-22-12-7-6-11-21(22)27-23(29)13-8-14-26-24(30)18(3)28-16-19-9-4-5-10-20(19)25(28)31/h4-7,9-12,17-18H,8,13-16H2,1-3H3,(H,26,30). The van der Waals surface area contributed by atoms with E-state index in [0.29, 0.717) is 24.6 Å². The highest BCUT2D eigenvalue weighted by Crippen LogP contribution is 2.24. The summed E-state index contributed by atoms with van der Waals surface area (Å²) in [5.74, 6) is 1.40. The molecule has 1 unspecified atom stereocenters. The molecule has 2 aromatic carbocycles. The van der Waals surface area contributed by atoms with Gasteiger partial charge in [-0.1, -0.05) is 44.2 Å². The number of nitrogens with one attached hydrogen (secondary N) is 1. The van der Waals surface area contributed by atoms with Gasteiger partial charge in [0.2, 0.25) is 5.91 Å². The second kappa shape index (κ2) is 8.92. The van der Waals surface area contributed by atoms with Gasteiger partial charge in [0.15, 0.2) is 0 Å². The number of fused-ring (bicyclic) bond motifs is 2. The first-order valence-electron chi connectivity index (χ1n) is 11.1. The molecule has 3 aromatic rings. The van der Waals surface area contributed by atoms with Gasteiger partial charge in [0.1, 0.15) is 11.9 Å². The Morgan fingerprint density at radius 2 is 1.84 bits per heavy atom. The van der Waals surface area contributed by atoms with E-state index in [2.05, 4.69) is 29.8 Å². The Morgan fingerprint density at radius 3 is 2.61 bits per heavy atom. The molecule has 1 aliphatic heterocycles. The number of nitrogens with zero attached hydrogens (tertiary/aromatic N) is 3. The van der Waals surface area contributed by atoms with Crippen molar-refractivity contribution in [2.45, 2.75) is 52.7 Å². The SMILES string of the molecule is CC(C)Cn1c(CCCNC(=O)C(C)N2Cc3ccccc3C2=O)nc2ccccc21. The number of aromatic nitrogens is 2. The molecular formula is C25H30N4O2. The van der Waals surface area contributed by atoms with Gasteiger partial charge in [0, 0.05) is 31.6 Å². The van der Waals surface area contributed by atoms with Gasteiger partial charge in [-0.2, -0.15) is 0 Å². The molecule has 0 fully saturated rings.